The summed E-state index contributed by atoms with van der Waals surface area (Å²) < 4.78 is 12.4. The molecule has 3 rings (SSSR count). The lowest BCUT2D eigenvalue weighted by Crippen LogP contribution is -2.60. The number of allylic oxidation sites excluding steroid dienone is 1. The van der Waals surface area contributed by atoms with E-state index in [1.807, 2.05) is 20.8 Å². The standard InChI is InChI=1S/C31H48BrN3O7/c1-7-11-13-23(37)33-17-20(6)41-30(40)24-25-28(38)35(22(18-36)19(5)10-4)27(31(25)16-21(32)26(24)42-31)29(39)34(14-9-3)15-12-8-2/h7,9,19-22,24-27,36H,1,3,8,10-18H2,2,4-6H3,(H,33,37)/t19-,20+,21?,22-,24-,25+,26-,27-,31+/m0/s1. The molecule has 42 heavy (non-hydrogen) atoms. The molecule has 0 aliphatic carbocycles. The molecule has 236 valence electrons. The summed E-state index contributed by atoms with van der Waals surface area (Å²) in [6, 6.07) is -1.62. The molecule has 3 fully saturated rings. The van der Waals surface area contributed by atoms with Gasteiger partial charge in [-0.25, -0.2) is 0 Å². The molecule has 0 aromatic heterocycles. The zero-order valence-corrected chi connectivity index (χ0v) is 27.0. The Morgan fingerprint density at radius 1 is 1.29 bits per heavy atom. The summed E-state index contributed by atoms with van der Waals surface area (Å²) in [5.74, 6) is -3.35. The van der Waals surface area contributed by atoms with Crippen LogP contribution in [-0.2, 0) is 28.7 Å². The molecule has 1 spiro atoms. The molecule has 9 atom stereocenters. The topological polar surface area (TPSA) is 125 Å². The number of halogens is 1. The number of rotatable bonds is 17. The zero-order chi connectivity index (χ0) is 31.2. The molecular weight excluding hydrogens is 606 g/mol. The van der Waals surface area contributed by atoms with Crippen LogP contribution in [0.25, 0.3) is 0 Å². The van der Waals surface area contributed by atoms with E-state index >= 15 is 0 Å². The Labute approximate surface area is 258 Å². The van der Waals surface area contributed by atoms with Gasteiger partial charge in [0.15, 0.2) is 0 Å². The smallest absolute Gasteiger partial charge is 0.312 e. The van der Waals surface area contributed by atoms with E-state index in [9.17, 15) is 24.3 Å². The molecule has 2 N–H and O–H groups in total. The number of nitrogens with one attached hydrogen (secondary N) is 1. The highest BCUT2D eigenvalue weighted by Gasteiger charge is 2.77. The molecule has 0 radical (unpaired) electrons. The number of fused-ring (bicyclic) bond motifs is 1. The van der Waals surface area contributed by atoms with Gasteiger partial charge in [0.05, 0.1) is 37.1 Å². The number of hydrogen-bond acceptors (Lipinski definition) is 7. The van der Waals surface area contributed by atoms with Crippen molar-refractivity contribution >= 4 is 39.6 Å². The zero-order valence-electron chi connectivity index (χ0n) is 25.4. The van der Waals surface area contributed by atoms with E-state index < -0.39 is 47.7 Å². The highest BCUT2D eigenvalue weighted by Crippen LogP contribution is 2.61. The van der Waals surface area contributed by atoms with Crippen molar-refractivity contribution in [3.8, 4) is 0 Å². The van der Waals surface area contributed by atoms with E-state index in [2.05, 4.69) is 34.4 Å². The largest absolute Gasteiger partial charge is 0.460 e. The van der Waals surface area contributed by atoms with Gasteiger partial charge in [0.25, 0.3) is 0 Å². The number of aliphatic hydroxyl groups excluding tert-OH is 1. The molecular formula is C31H48BrN3O7. The van der Waals surface area contributed by atoms with Crippen LogP contribution < -0.4 is 5.32 Å². The first kappa shape index (κ1) is 34.3. The van der Waals surface area contributed by atoms with Crippen LogP contribution in [0.4, 0.5) is 0 Å². The summed E-state index contributed by atoms with van der Waals surface area (Å²) in [6.45, 7) is 15.7. The number of carbonyl (C=O) groups excluding carboxylic acids is 4. The molecule has 11 heteroatoms. The molecule has 2 bridgehead atoms. The van der Waals surface area contributed by atoms with Crippen LogP contribution in [0.1, 0.15) is 66.2 Å². The maximum atomic E-state index is 14.4. The van der Waals surface area contributed by atoms with E-state index in [0.29, 0.717) is 38.8 Å². The molecule has 3 aliphatic rings. The number of ether oxygens (including phenoxy) is 2. The fourth-order valence-corrected chi connectivity index (χ4v) is 7.60. The molecule has 3 amide bonds. The van der Waals surface area contributed by atoms with Crippen LogP contribution >= 0.6 is 15.9 Å². The Hall–Kier alpha value is -2.24. The van der Waals surface area contributed by atoms with Crippen molar-refractivity contribution in [2.75, 3.05) is 26.2 Å². The maximum Gasteiger partial charge on any atom is 0.312 e. The summed E-state index contributed by atoms with van der Waals surface area (Å²) in [5.41, 5.74) is -1.24. The minimum Gasteiger partial charge on any atom is -0.460 e. The van der Waals surface area contributed by atoms with Crippen molar-refractivity contribution < 1.29 is 33.8 Å². The molecule has 0 saturated carbocycles. The number of aliphatic hydroxyl groups is 1. The number of unbranched alkanes of at least 4 members (excludes halogenated alkanes) is 1. The molecule has 3 saturated heterocycles. The number of likely N-dealkylation sites (tertiary alicyclic amines) is 1. The van der Waals surface area contributed by atoms with Crippen LogP contribution in [0.2, 0.25) is 0 Å². The fourth-order valence-electron chi connectivity index (χ4n) is 6.65. The van der Waals surface area contributed by atoms with Gasteiger partial charge in [0.1, 0.15) is 17.7 Å². The van der Waals surface area contributed by atoms with Crippen molar-refractivity contribution in [2.45, 2.75) is 101 Å². The molecule has 0 aromatic carbocycles. The summed E-state index contributed by atoms with van der Waals surface area (Å²) in [5, 5.41) is 13.3. The fraction of sp³-hybridized carbons (Fsp3) is 0.742. The van der Waals surface area contributed by atoms with Crippen molar-refractivity contribution in [3.63, 3.8) is 0 Å². The van der Waals surface area contributed by atoms with Gasteiger partial charge in [-0.1, -0.05) is 61.7 Å². The molecule has 0 aromatic rings. The first-order valence-electron chi connectivity index (χ1n) is 15.2. The highest BCUT2D eigenvalue weighted by molar-refractivity contribution is 9.09. The lowest BCUT2D eigenvalue weighted by Gasteiger charge is -2.41. The third-order valence-electron chi connectivity index (χ3n) is 9.00. The summed E-state index contributed by atoms with van der Waals surface area (Å²) >= 11 is 3.68. The quantitative estimate of drug-likeness (QED) is 0.140. The second-order valence-electron chi connectivity index (χ2n) is 11.8. The number of alkyl halides is 1. The third-order valence-corrected chi connectivity index (χ3v) is 9.85. The van der Waals surface area contributed by atoms with Gasteiger partial charge in [0, 0.05) is 24.3 Å². The maximum absolute atomic E-state index is 14.4. The molecule has 1 unspecified atom stereocenters. The monoisotopic (exact) mass is 653 g/mol. The number of nitrogens with zero attached hydrogens (tertiary/aromatic N) is 2. The second-order valence-corrected chi connectivity index (χ2v) is 13.0. The van der Waals surface area contributed by atoms with E-state index in [1.54, 1.807) is 24.0 Å². The summed E-state index contributed by atoms with van der Waals surface area (Å²) in [4.78, 5) is 57.4. The summed E-state index contributed by atoms with van der Waals surface area (Å²) in [6.07, 6.45) is 5.60. The minimum atomic E-state index is -1.24. The molecule has 3 aliphatic heterocycles. The van der Waals surface area contributed by atoms with E-state index in [-0.39, 0.29) is 41.6 Å². The van der Waals surface area contributed by atoms with Crippen LogP contribution in [-0.4, -0.2) is 99.6 Å². The first-order chi connectivity index (χ1) is 20.0. The van der Waals surface area contributed by atoms with Gasteiger partial charge in [-0.3, -0.25) is 19.2 Å². The van der Waals surface area contributed by atoms with Gasteiger partial charge in [0.2, 0.25) is 17.7 Å². The van der Waals surface area contributed by atoms with Crippen LogP contribution in [0.15, 0.2) is 25.3 Å². The van der Waals surface area contributed by atoms with Gasteiger partial charge in [-0.2, -0.15) is 0 Å². The Bertz CT molecular complexity index is 1020. The molecule has 10 nitrogen and oxygen atoms in total. The predicted molar refractivity (Wildman–Crippen MR) is 163 cm³/mol. The number of esters is 1. The van der Waals surface area contributed by atoms with Crippen LogP contribution in [0.3, 0.4) is 0 Å². The lowest BCUT2D eigenvalue weighted by atomic mass is 9.70. The van der Waals surface area contributed by atoms with Gasteiger partial charge in [-0.05, 0) is 32.1 Å². The average Bonchev–Trinajstić information content (AvgIpc) is 3.56. The highest BCUT2D eigenvalue weighted by atomic mass is 79.9. The Kier molecular flexibility index (Phi) is 12.2. The lowest BCUT2D eigenvalue weighted by molar-refractivity contribution is -0.160. The number of amides is 3. The molecule has 3 heterocycles. The van der Waals surface area contributed by atoms with E-state index in [0.717, 1.165) is 12.8 Å². The van der Waals surface area contributed by atoms with Crippen molar-refractivity contribution in [2.24, 2.45) is 17.8 Å². The van der Waals surface area contributed by atoms with Crippen molar-refractivity contribution in [1.29, 1.82) is 0 Å². The normalized spacial score (nSPS) is 29.9. The van der Waals surface area contributed by atoms with Gasteiger partial charge < -0.3 is 29.7 Å². The van der Waals surface area contributed by atoms with Crippen LogP contribution in [0.5, 0.6) is 0 Å². The Balaban J connectivity index is 1.96. The van der Waals surface area contributed by atoms with E-state index in [1.165, 1.54) is 4.90 Å². The average molecular weight is 655 g/mol. The van der Waals surface area contributed by atoms with Crippen molar-refractivity contribution in [3.05, 3.63) is 25.3 Å². The number of carbonyl (C=O) groups is 4. The van der Waals surface area contributed by atoms with Gasteiger partial charge in [-0.15, -0.1) is 13.2 Å². The summed E-state index contributed by atoms with van der Waals surface area (Å²) in [7, 11) is 0. The third kappa shape index (κ3) is 6.63. The second kappa shape index (κ2) is 15.0. The van der Waals surface area contributed by atoms with Gasteiger partial charge >= 0.3 is 5.97 Å². The first-order valence-corrected chi connectivity index (χ1v) is 16.2. The predicted octanol–water partition coefficient (Wildman–Crippen LogP) is 2.97. The number of hydrogen-bond donors (Lipinski definition) is 2. The Morgan fingerprint density at radius 2 is 2.00 bits per heavy atom. The van der Waals surface area contributed by atoms with Crippen molar-refractivity contribution in [1.82, 2.24) is 15.1 Å². The van der Waals surface area contributed by atoms with E-state index in [4.69, 9.17) is 9.47 Å². The SMILES string of the molecule is C=CCCC(=O)NC[C@@H](C)OC(=O)[C@@H]1[C@H]2O[C@@]3(CC2Br)[C@H](C(=O)N(CC=C)CCCC)N([C@@H](CO)[C@@H](C)CC)C(=O)[C@@H]13. The Morgan fingerprint density at radius 3 is 2.60 bits per heavy atom. The van der Waals surface area contributed by atoms with Crippen LogP contribution in [0, 0.1) is 17.8 Å². The minimum absolute atomic E-state index is 0.0972.